The summed E-state index contributed by atoms with van der Waals surface area (Å²) in [6.45, 7) is 1.61. The number of hydrogen-bond acceptors (Lipinski definition) is 3. The van der Waals surface area contributed by atoms with Crippen LogP contribution in [0.2, 0.25) is 0 Å². The van der Waals surface area contributed by atoms with E-state index in [9.17, 15) is 4.79 Å². The summed E-state index contributed by atoms with van der Waals surface area (Å²) in [4.78, 5) is 14.1. The van der Waals surface area contributed by atoms with Crippen LogP contribution in [0.3, 0.4) is 0 Å². The van der Waals surface area contributed by atoms with E-state index in [1.165, 1.54) is 9.79 Å². The predicted molar refractivity (Wildman–Crippen MR) is 87.8 cm³/mol. The molecule has 0 bridgehead atoms. The molecule has 0 spiro atoms. The van der Waals surface area contributed by atoms with Crippen molar-refractivity contribution in [2.45, 2.75) is 16.7 Å². The lowest BCUT2D eigenvalue weighted by atomic mass is 10.0. The molecule has 0 radical (unpaired) electrons. The first-order valence-corrected chi connectivity index (χ1v) is 7.65. The molecule has 102 valence electrons. The van der Waals surface area contributed by atoms with Crippen molar-refractivity contribution in [3.63, 3.8) is 0 Å². The van der Waals surface area contributed by atoms with E-state index in [1.807, 2.05) is 30.3 Å². The minimum Gasteiger partial charge on any atom is -0.353 e. The summed E-state index contributed by atoms with van der Waals surface area (Å²) < 4.78 is 0. The van der Waals surface area contributed by atoms with Crippen molar-refractivity contribution in [2.75, 3.05) is 5.32 Å². The van der Waals surface area contributed by atoms with E-state index >= 15 is 0 Å². The summed E-state index contributed by atoms with van der Waals surface area (Å²) >= 11 is 1.76. The third-order valence-electron chi connectivity index (χ3n) is 3.76. The van der Waals surface area contributed by atoms with Crippen molar-refractivity contribution in [1.29, 1.82) is 0 Å². The van der Waals surface area contributed by atoms with Gasteiger partial charge in [0.2, 0.25) is 0 Å². The van der Waals surface area contributed by atoms with E-state index in [4.69, 9.17) is 0 Å². The normalized spacial score (nSPS) is 12.4. The molecule has 0 aromatic heterocycles. The topological polar surface area (TPSA) is 29.1 Å². The van der Waals surface area contributed by atoms with Crippen molar-refractivity contribution in [1.82, 2.24) is 0 Å². The zero-order valence-electron chi connectivity index (χ0n) is 11.5. The molecular formula is C18H13NOS. The van der Waals surface area contributed by atoms with Gasteiger partial charge in [-0.05, 0) is 36.6 Å². The molecular weight excluding hydrogens is 278 g/mol. The van der Waals surface area contributed by atoms with Gasteiger partial charge in [-0.3, -0.25) is 4.79 Å². The summed E-state index contributed by atoms with van der Waals surface area (Å²) in [5, 5.41) is 5.76. The van der Waals surface area contributed by atoms with Gasteiger partial charge in [-0.25, -0.2) is 0 Å². The van der Waals surface area contributed by atoms with Crippen molar-refractivity contribution in [2.24, 2.45) is 0 Å². The third-order valence-corrected chi connectivity index (χ3v) is 4.89. The lowest BCUT2D eigenvalue weighted by Crippen LogP contribution is -2.01. The molecule has 0 fully saturated rings. The van der Waals surface area contributed by atoms with Crippen molar-refractivity contribution >= 4 is 39.7 Å². The lowest BCUT2D eigenvalue weighted by Gasteiger charge is -2.22. The molecule has 1 aliphatic rings. The number of benzene rings is 3. The van der Waals surface area contributed by atoms with Crippen LogP contribution in [-0.2, 0) is 0 Å². The van der Waals surface area contributed by atoms with Crippen molar-refractivity contribution < 1.29 is 4.79 Å². The summed E-state index contributed by atoms with van der Waals surface area (Å²) in [5.41, 5.74) is 2.97. The largest absolute Gasteiger partial charge is 0.353 e. The second-order valence-electron chi connectivity index (χ2n) is 5.15. The summed E-state index contributed by atoms with van der Waals surface area (Å²) in [6, 6.07) is 18.4. The standard InChI is InChI=1S/C18H13NOS/c1-11(20)13-7-6-12-8-9-17-18(14(12)10-13)19-15-4-2-3-5-16(15)21-17/h2-10,19H,1H3. The Morgan fingerprint density at radius 2 is 1.81 bits per heavy atom. The number of anilines is 2. The fraction of sp³-hybridized carbons (Fsp3) is 0.0556. The van der Waals surface area contributed by atoms with Gasteiger partial charge in [0, 0.05) is 20.7 Å². The van der Waals surface area contributed by atoms with Gasteiger partial charge < -0.3 is 5.32 Å². The molecule has 3 aromatic carbocycles. The van der Waals surface area contributed by atoms with Gasteiger partial charge in [-0.1, -0.05) is 42.1 Å². The fourth-order valence-corrected chi connectivity index (χ4v) is 3.66. The van der Waals surface area contributed by atoms with Crippen LogP contribution in [0.4, 0.5) is 11.4 Å². The zero-order valence-corrected chi connectivity index (χ0v) is 12.3. The molecule has 21 heavy (non-hydrogen) atoms. The van der Waals surface area contributed by atoms with Gasteiger partial charge in [0.25, 0.3) is 0 Å². The highest BCUT2D eigenvalue weighted by atomic mass is 32.2. The molecule has 0 saturated carbocycles. The maximum atomic E-state index is 11.6. The first-order valence-electron chi connectivity index (χ1n) is 6.84. The monoisotopic (exact) mass is 291 g/mol. The molecule has 0 amide bonds. The molecule has 0 unspecified atom stereocenters. The Balaban J connectivity index is 1.95. The SMILES string of the molecule is CC(=O)c1ccc2ccc3c(c2c1)Nc1ccccc1S3. The van der Waals surface area contributed by atoms with Crippen LogP contribution in [0.1, 0.15) is 17.3 Å². The Labute approximate surface area is 127 Å². The van der Waals surface area contributed by atoms with Gasteiger partial charge in [0.15, 0.2) is 5.78 Å². The van der Waals surface area contributed by atoms with Gasteiger partial charge >= 0.3 is 0 Å². The number of carbonyl (C=O) groups excluding carboxylic acids is 1. The van der Waals surface area contributed by atoms with E-state index < -0.39 is 0 Å². The molecule has 3 aromatic rings. The molecule has 0 atom stereocenters. The quantitative estimate of drug-likeness (QED) is 0.486. The molecule has 3 heteroatoms. The number of ketones is 1. The van der Waals surface area contributed by atoms with Crippen LogP contribution in [-0.4, -0.2) is 5.78 Å². The number of para-hydroxylation sites is 1. The van der Waals surface area contributed by atoms with E-state index in [0.717, 1.165) is 27.7 Å². The average molecular weight is 291 g/mol. The number of rotatable bonds is 1. The Hall–Kier alpha value is -2.26. The van der Waals surface area contributed by atoms with Crippen LogP contribution in [0.15, 0.2) is 64.4 Å². The number of nitrogens with one attached hydrogen (secondary N) is 1. The van der Waals surface area contributed by atoms with E-state index in [1.54, 1.807) is 18.7 Å². The number of carbonyl (C=O) groups is 1. The van der Waals surface area contributed by atoms with Gasteiger partial charge in [0.05, 0.1) is 11.4 Å². The van der Waals surface area contributed by atoms with Crippen LogP contribution in [0.5, 0.6) is 0 Å². The van der Waals surface area contributed by atoms with Crippen molar-refractivity contribution in [3.8, 4) is 0 Å². The molecule has 4 rings (SSSR count). The van der Waals surface area contributed by atoms with E-state index in [0.29, 0.717) is 0 Å². The van der Waals surface area contributed by atoms with Crippen molar-refractivity contribution in [3.05, 3.63) is 60.2 Å². The Bertz CT molecular complexity index is 886. The van der Waals surface area contributed by atoms with Crippen LogP contribution in [0.25, 0.3) is 10.8 Å². The van der Waals surface area contributed by atoms with Crippen LogP contribution >= 0.6 is 11.8 Å². The first-order chi connectivity index (χ1) is 10.2. The van der Waals surface area contributed by atoms with Gasteiger partial charge in [0.1, 0.15) is 0 Å². The van der Waals surface area contributed by atoms with Gasteiger partial charge in [-0.2, -0.15) is 0 Å². The molecule has 0 saturated heterocycles. The highest BCUT2D eigenvalue weighted by Gasteiger charge is 2.17. The summed E-state index contributed by atoms with van der Waals surface area (Å²) in [6.07, 6.45) is 0. The first kappa shape index (κ1) is 12.5. The third kappa shape index (κ3) is 2.01. The number of fused-ring (bicyclic) bond motifs is 4. The lowest BCUT2D eigenvalue weighted by molar-refractivity contribution is 0.101. The van der Waals surface area contributed by atoms with Gasteiger partial charge in [-0.15, -0.1) is 0 Å². The minimum absolute atomic E-state index is 0.0957. The highest BCUT2D eigenvalue weighted by molar-refractivity contribution is 7.99. The maximum absolute atomic E-state index is 11.6. The minimum atomic E-state index is 0.0957. The smallest absolute Gasteiger partial charge is 0.159 e. The molecule has 1 aliphatic heterocycles. The predicted octanol–water partition coefficient (Wildman–Crippen LogP) is 5.25. The summed E-state index contributed by atoms with van der Waals surface area (Å²) in [7, 11) is 0. The molecule has 1 heterocycles. The number of Topliss-reactive ketones (excluding diaryl/α,β-unsaturated/α-hetero) is 1. The second kappa shape index (κ2) is 4.64. The highest BCUT2D eigenvalue weighted by Crippen LogP contribution is 2.46. The maximum Gasteiger partial charge on any atom is 0.159 e. The van der Waals surface area contributed by atoms with Crippen LogP contribution in [0, 0.1) is 0 Å². The van der Waals surface area contributed by atoms with Crippen LogP contribution < -0.4 is 5.32 Å². The zero-order chi connectivity index (χ0) is 14.4. The Kier molecular flexibility index (Phi) is 2.76. The Morgan fingerprint density at radius 3 is 2.67 bits per heavy atom. The molecule has 0 aliphatic carbocycles. The van der Waals surface area contributed by atoms with E-state index in [2.05, 4.69) is 29.6 Å². The Morgan fingerprint density at radius 1 is 1.00 bits per heavy atom. The summed E-state index contributed by atoms with van der Waals surface area (Å²) in [5.74, 6) is 0.0957. The number of hydrogen-bond donors (Lipinski definition) is 1. The average Bonchev–Trinajstić information content (AvgIpc) is 2.52. The van der Waals surface area contributed by atoms with E-state index in [-0.39, 0.29) is 5.78 Å². The fourth-order valence-electron chi connectivity index (χ4n) is 2.64. The second-order valence-corrected chi connectivity index (χ2v) is 6.24. The molecule has 1 N–H and O–H groups in total. The molecule has 2 nitrogen and oxygen atoms in total.